The van der Waals surface area contributed by atoms with Crippen LogP contribution in [0.1, 0.15) is 0 Å². The fraction of sp³-hybridized carbons (Fsp3) is 0.250. The van der Waals surface area contributed by atoms with Crippen molar-refractivity contribution in [3.8, 4) is 0 Å². The predicted octanol–water partition coefficient (Wildman–Crippen LogP) is 1.45. The van der Waals surface area contributed by atoms with Crippen LogP contribution in [-0.4, -0.2) is 25.4 Å². The summed E-state index contributed by atoms with van der Waals surface area (Å²) in [6.07, 6.45) is -0.685. The lowest BCUT2D eigenvalue weighted by atomic mass is 10.1. The number of rotatable bonds is 0. The van der Waals surface area contributed by atoms with Crippen molar-refractivity contribution in [3.63, 3.8) is 0 Å². The highest BCUT2D eigenvalue weighted by molar-refractivity contribution is 9.09. The number of halogens is 1. The zero-order valence-electron chi connectivity index (χ0n) is 11.6. The molecular weight excluding hydrogens is 348 g/mol. The van der Waals surface area contributed by atoms with Crippen LogP contribution in [0, 0.1) is 0 Å². The lowest BCUT2D eigenvalue weighted by Crippen LogP contribution is -2.49. The lowest BCUT2D eigenvalue weighted by molar-refractivity contribution is 0.104. The monoisotopic (exact) mass is 360 g/mol. The number of hydrogen-bond donors (Lipinski definition) is 1. The van der Waals surface area contributed by atoms with Gasteiger partial charge in [-0.3, -0.25) is 9.59 Å². The van der Waals surface area contributed by atoms with Crippen LogP contribution >= 0.6 is 15.9 Å². The number of nitrogens with zero attached hydrogens (tertiary/aromatic N) is 2. The van der Waals surface area contributed by atoms with Gasteiger partial charge in [0.15, 0.2) is 0 Å². The highest BCUT2D eigenvalue weighted by Crippen LogP contribution is 2.20. The van der Waals surface area contributed by atoms with E-state index in [1.165, 1.54) is 9.36 Å². The fourth-order valence-electron chi connectivity index (χ4n) is 3.03. The van der Waals surface area contributed by atoms with E-state index in [1.807, 2.05) is 24.3 Å². The van der Waals surface area contributed by atoms with E-state index in [0.717, 1.165) is 10.8 Å². The largest absolute Gasteiger partial charge is 0.390 e. The van der Waals surface area contributed by atoms with Crippen LogP contribution in [0.25, 0.3) is 21.5 Å². The summed E-state index contributed by atoms with van der Waals surface area (Å²) in [7, 11) is 0. The Bertz CT molecular complexity index is 939. The van der Waals surface area contributed by atoms with Crippen molar-refractivity contribution in [2.24, 2.45) is 0 Å². The maximum absolute atomic E-state index is 12.7. The molecule has 1 aliphatic heterocycles. The maximum atomic E-state index is 12.7. The van der Waals surface area contributed by atoms with Crippen molar-refractivity contribution < 1.29 is 5.11 Å². The number of hydrogen-bond acceptors (Lipinski definition) is 3. The van der Waals surface area contributed by atoms with Gasteiger partial charge in [0.25, 0.3) is 11.1 Å². The quantitative estimate of drug-likeness (QED) is 0.487. The van der Waals surface area contributed by atoms with Crippen molar-refractivity contribution in [2.45, 2.75) is 24.0 Å². The second-order valence-electron chi connectivity index (χ2n) is 5.60. The molecule has 112 valence electrons. The first-order valence-corrected chi connectivity index (χ1v) is 7.96. The van der Waals surface area contributed by atoms with Crippen molar-refractivity contribution in [2.75, 3.05) is 0 Å². The van der Waals surface area contributed by atoms with Crippen LogP contribution in [0.2, 0.25) is 0 Å². The summed E-state index contributed by atoms with van der Waals surface area (Å²) in [6.45, 7) is 0.394. The number of aliphatic hydroxyl groups is 1. The summed E-state index contributed by atoms with van der Waals surface area (Å²) >= 11 is 3.36. The van der Waals surface area contributed by atoms with Gasteiger partial charge in [0.2, 0.25) is 0 Å². The molecule has 0 amide bonds. The Hall–Kier alpha value is -1.92. The summed E-state index contributed by atoms with van der Waals surface area (Å²) in [5, 5.41) is 12.6. The Kier molecular flexibility index (Phi) is 2.99. The molecule has 0 unspecified atom stereocenters. The minimum Gasteiger partial charge on any atom is -0.390 e. The molecule has 2 atom stereocenters. The number of aromatic nitrogens is 2. The summed E-state index contributed by atoms with van der Waals surface area (Å²) < 4.78 is 2.77. The predicted molar refractivity (Wildman–Crippen MR) is 88.7 cm³/mol. The number of alkyl halides is 1. The standard InChI is InChI=1S/C16H13BrN2O3/c17-13-7-18-15(21)11-5-9-3-1-2-4-10(9)6-12(11)16(22)19(18)8-14(13)20/h1-6,13-14,20H,7-8H2/t13-,14+/m1/s1. The van der Waals surface area contributed by atoms with Gasteiger partial charge < -0.3 is 5.11 Å². The molecule has 5 nitrogen and oxygen atoms in total. The molecule has 3 aromatic rings. The molecule has 0 fully saturated rings. The van der Waals surface area contributed by atoms with Crippen LogP contribution in [0.3, 0.4) is 0 Å². The van der Waals surface area contributed by atoms with Crippen LogP contribution in [0.4, 0.5) is 0 Å². The van der Waals surface area contributed by atoms with E-state index in [2.05, 4.69) is 15.9 Å². The molecule has 2 aromatic carbocycles. The van der Waals surface area contributed by atoms with Crippen LogP contribution in [0.15, 0.2) is 46.0 Å². The molecule has 6 heteroatoms. The SMILES string of the molecule is O=c1c2cc3ccccc3cc2c(=O)n2n1C[C@@H](Br)[C@@H](O)C2. The molecule has 0 aliphatic carbocycles. The summed E-state index contributed by atoms with van der Waals surface area (Å²) in [4.78, 5) is 25.2. The Morgan fingerprint density at radius 1 is 0.955 bits per heavy atom. The Morgan fingerprint density at radius 2 is 1.45 bits per heavy atom. The molecule has 0 spiro atoms. The van der Waals surface area contributed by atoms with Crippen molar-refractivity contribution in [1.29, 1.82) is 0 Å². The van der Waals surface area contributed by atoms with E-state index in [9.17, 15) is 14.7 Å². The third-order valence-corrected chi connectivity index (χ3v) is 5.13. The van der Waals surface area contributed by atoms with Gasteiger partial charge in [-0.05, 0) is 22.9 Å². The molecule has 1 N–H and O–H groups in total. The van der Waals surface area contributed by atoms with Crippen molar-refractivity contribution in [3.05, 3.63) is 57.1 Å². The number of fused-ring (bicyclic) bond motifs is 3. The van der Waals surface area contributed by atoms with E-state index < -0.39 is 6.10 Å². The van der Waals surface area contributed by atoms with Crippen LogP contribution in [-0.2, 0) is 13.1 Å². The second-order valence-corrected chi connectivity index (χ2v) is 6.78. The first kappa shape index (κ1) is 13.7. The average Bonchev–Trinajstić information content (AvgIpc) is 2.53. The minimum atomic E-state index is -0.685. The van der Waals surface area contributed by atoms with Gasteiger partial charge in [-0.15, -0.1) is 0 Å². The van der Waals surface area contributed by atoms with E-state index in [0.29, 0.717) is 10.8 Å². The van der Waals surface area contributed by atoms with Gasteiger partial charge in [0, 0.05) is 0 Å². The van der Waals surface area contributed by atoms with E-state index in [1.54, 1.807) is 12.1 Å². The molecule has 2 heterocycles. The van der Waals surface area contributed by atoms with Crippen LogP contribution < -0.4 is 11.1 Å². The third kappa shape index (κ3) is 1.87. The number of benzene rings is 2. The van der Waals surface area contributed by atoms with E-state index in [4.69, 9.17) is 0 Å². The fourth-order valence-corrected chi connectivity index (χ4v) is 3.47. The molecule has 0 radical (unpaired) electrons. The van der Waals surface area contributed by atoms with Gasteiger partial charge in [-0.1, -0.05) is 40.2 Å². The minimum absolute atomic E-state index is 0.118. The highest BCUT2D eigenvalue weighted by Gasteiger charge is 2.27. The second kappa shape index (κ2) is 4.79. The molecule has 0 saturated carbocycles. The zero-order valence-corrected chi connectivity index (χ0v) is 13.2. The normalized spacial score (nSPS) is 21.2. The Balaban J connectivity index is 2.15. The molecule has 0 saturated heterocycles. The smallest absolute Gasteiger partial charge is 0.273 e. The maximum Gasteiger partial charge on any atom is 0.273 e. The molecule has 4 rings (SSSR count). The molecule has 0 bridgehead atoms. The van der Waals surface area contributed by atoms with Crippen molar-refractivity contribution in [1.82, 2.24) is 9.36 Å². The van der Waals surface area contributed by atoms with Gasteiger partial charge in [0.1, 0.15) is 0 Å². The first-order valence-electron chi connectivity index (χ1n) is 7.05. The molecular formula is C16H13BrN2O3. The third-order valence-electron chi connectivity index (χ3n) is 4.23. The zero-order chi connectivity index (χ0) is 15.4. The Morgan fingerprint density at radius 3 is 2.00 bits per heavy atom. The van der Waals surface area contributed by atoms with E-state index in [-0.39, 0.29) is 29.0 Å². The molecule has 22 heavy (non-hydrogen) atoms. The molecule has 1 aliphatic rings. The Labute approximate surface area is 133 Å². The summed E-state index contributed by atoms with van der Waals surface area (Å²) in [5.74, 6) is 0. The van der Waals surface area contributed by atoms with Crippen LogP contribution in [0.5, 0.6) is 0 Å². The average molecular weight is 361 g/mol. The van der Waals surface area contributed by atoms with Gasteiger partial charge in [-0.25, -0.2) is 9.36 Å². The first-order chi connectivity index (χ1) is 10.6. The highest BCUT2D eigenvalue weighted by atomic mass is 79.9. The van der Waals surface area contributed by atoms with E-state index >= 15 is 0 Å². The summed E-state index contributed by atoms with van der Waals surface area (Å²) in [5.41, 5.74) is -0.435. The van der Waals surface area contributed by atoms with Gasteiger partial charge in [-0.2, -0.15) is 0 Å². The topological polar surface area (TPSA) is 64.2 Å². The van der Waals surface area contributed by atoms with Crippen molar-refractivity contribution >= 4 is 37.5 Å². The molecule has 1 aromatic heterocycles. The summed E-state index contributed by atoms with van der Waals surface area (Å²) in [6, 6.07) is 11.2. The van der Waals surface area contributed by atoms with Gasteiger partial charge >= 0.3 is 0 Å². The van der Waals surface area contributed by atoms with Gasteiger partial charge in [0.05, 0.1) is 34.8 Å². The lowest BCUT2D eigenvalue weighted by Gasteiger charge is -2.28. The number of aliphatic hydroxyl groups excluding tert-OH is 1.